The number of carbonyl (C=O) groups is 1. The van der Waals surface area contributed by atoms with Gasteiger partial charge in [0.2, 0.25) is 0 Å². The van der Waals surface area contributed by atoms with Gasteiger partial charge in [0.25, 0.3) is 0 Å². The SMILES string of the molecule is CCS(=O)c1cc(C2CC2)c(N)nc1-c1nc(/C=C(\N(C)C2CC2)C(F)(F)F)c(C=O)n1C. The van der Waals surface area contributed by atoms with Gasteiger partial charge >= 0.3 is 6.18 Å². The highest BCUT2D eigenvalue weighted by molar-refractivity contribution is 7.85. The molecule has 2 aliphatic carbocycles. The second-order valence-corrected chi connectivity index (χ2v) is 10.2. The van der Waals surface area contributed by atoms with Crippen LogP contribution in [0.2, 0.25) is 0 Å². The van der Waals surface area contributed by atoms with E-state index in [2.05, 4.69) is 9.97 Å². The van der Waals surface area contributed by atoms with Crippen molar-refractivity contribution >= 4 is 29.0 Å². The van der Waals surface area contributed by atoms with Gasteiger partial charge in [0.15, 0.2) is 12.1 Å². The maximum atomic E-state index is 13.8. The van der Waals surface area contributed by atoms with Crippen LogP contribution in [-0.4, -0.2) is 54.9 Å². The number of carbonyl (C=O) groups excluding carboxylic acids is 1. The lowest BCUT2D eigenvalue weighted by atomic mass is 10.1. The van der Waals surface area contributed by atoms with Crippen LogP contribution in [0.4, 0.5) is 19.0 Å². The van der Waals surface area contributed by atoms with E-state index in [1.54, 1.807) is 13.0 Å². The van der Waals surface area contributed by atoms with Gasteiger partial charge in [-0.25, -0.2) is 9.97 Å². The maximum absolute atomic E-state index is 13.8. The van der Waals surface area contributed by atoms with Crippen LogP contribution in [0.3, 0.4) is 0 Å². The number of pyridine rings is 1. The zero-order chi connectivity index (χ0) is 24.1. The molecule has 7 nitrogen and oxygen atoms in total. The van der Waals surface area contributed by atoms with Crippen molar-refractivity contribution in [2.75, 3.05) is 18.5 Å². The molecule has 11 heteroatoms. The number of nitrogen functional groups attached to an aromatic ring is 1. The Morgan fingerprint density at radius 1 is 1.30 bits per heavy atom. The quantitative estimate of drug-likeness (QED) is 0.575. The van der Waals surface area contributed by atoms with Gasteiger partial charge in [-0.2, -0.15) is 13.2 Å². The third kappa shape index (κ3) is 4.55. The molecular weight excluding hydrogens is 455 g/mol. The van der Waals surface area contributed by atoms with E-state index in [4.69, 9.17) is 5.73 Å². The monoisotopic (exact) mass is 481 g/mol. The minimum absolute atomic E-state index is 0.0316. The van der Waals surface area contributed by atoms with E-state index in [1.165, 1.54) is 23.6 Å². The van der Waals surface area contributed by atoms with Crippen LogP contribution < -0.4 is 5.73 Å². The number of anilines is 1. The number of hydrogen-bond acceptors (Lipinski definition) is 6. The van der Waals surface area contributed by atoms with Gasteiger partial charge in [0, 0.05) is 25.9 Å². The number of imidazole rings is 1. The highest BCUT2D eigenvalue weighted by Gasteiger charge is 2.41. The Kier molecular flexibility index (Phi) is 6.10. The molecule has 2 heterocycles. The van der Waals surface area contributed by atoms with Crippen molar-refractivity contribution in [3.8, 4) is 11.5 Å². The van der Waals surface area contributed by atoms with Crippen molar-refractivity contribution in [1.82, 2.24) is 19.4 Å². The van der Waals surface area contributed by atoms with Gasteiger partial charge in [-0.05, 0) is 49.3 Å². The second-order valence-electron chi connectivity index (χ2n) is 8.47. The van der Waals surface area contributed by atoms with Crippen molar-refractivity contribution in [2.45, 2.75) is 55.6 Å². The number of aromatic nitrogens is 3. The van der Waals surface area contributed by atoms with Crippen LogP contribution in [0.1, 0.15) is 60.3 Å². The summed E-state index contributed by atoms with van der Waals surface area (Å²) in [4.78, 5) is 22.3. The molecule has 0 amide bonds. The third-order valence-electron chi connectivity index (χ3n) is 6.10. The second kappa shape index (κ2) is 8.58. The molecule has 33 heavy (non-hydrogen) atoms. The maximum Gasteiger partial charge on any atom is 0.431 e. The van der Waals surface area contributed by atoms with Crippen LogP contribution in [-0.2, 0) is 17.8 Å². The molecule has 0 radical (unpaired) electrons. The molecule has 2 aromatic rings. The summed E-state index contributed by atoms with van der Waals surface area (Å²) in [7, 11) is 1.50. The minimum Gasteiger partial charge on any atom is -0.383 e. The van der Waals surface area contributed by atoms with Gasteiger partial charge in [-0.15, -0.1) is 0 Å². The number of allylic oxidation sites excluding steroid dienone is 1. The van der Waals surface area contributed by atoms with E-state index in [1.807, 2.05) is 0 Å². The van der Waals surface area contributed by atoms with Gasteiger partial charge in [0.05, 0.1) is 21.4 Å². The molecule has 0 aromatic carbocycles. The minimum atomic E-state index is -4.61. The normalized spacial score (nSPS) is 17.8. The number of rotatable bonds is 8. The van der Waals surface area contributed by atoms with Crippen LogP contribution in [0.25, 0.3) is 17.6 Å². The molecular formula is C22H26F3N5O2S. The fourth-order valence-corrected chi connectivity index (χ4v) is 4.82. The molecule has 1 unspecified atom stereocenters. The molecule has 2 fully saturated rings. The van der Waals surface area contributed by atoms with Crippen LogP contribution in [0.5, 0.6) is 0 Å². The number of nitrogens with zero attached hydrogens (tertiary/aromatic N) is 4. The average Bonchev–Trinajstić information content (AvgIpc) is 3.67. The Labute approximate surface area is 192 Å². The zero-order valence-electron chi connectivity index (χ0n) is 18.6. The molecule has 2 N–H and O–H groups in total. The summed E-state index contributed by atoms with van der Waals surface area (Å²) in [6.07, 6.45) is 0.0608. The van der Waals surface area contributed by atoms with E-state index >= 15 is 0 Å². The fourth-order valence-electron chi connectivity index (χ4n) is 3.90. The van der Waals surface area contributed by atoms with E-state index in [9.17, 15) is 22.2 Å². The van der Waals surface area contributed by atoms with E-state index in [0.29, 0.717) is 29.8 Å². The highest BCUT2D eigenvalue weighted by Crippen LogP contribution is 2.44. The summed E-state index contributed by atoms with van der Waals surface area (Å²) in [5, 5.41) is 0. The van der Waals surface area contributed by atoms with Crippen molar-refractivity contribution in [2.24, 2.45) is 7.05 Å². The first kappa shape index (κ1) is 23.5. The first-order chi connectivity index (χ1) is 15.6. The number of hydrogen-bond donors (Lipinski definition) is 1. The Morgan fingerprint density at radius 3 is 2.48 bits per heavy atom. The van der Waals surface area contributed by atoms with E-state index in [0.717, 1.165) is 24.5 Å². The van der Waals surface area contributed by atoms with Gasteiger partial charge in [0.1, 0.15) is 22.9 Å². The Balaban J connectivity index is 1.88. The molecule has 0 aliphatic heterocycles. The van der Waals surface area contributed by atoms with Gasteiger partial charge < -0.3 is 15.2 Å². The smallest absolute Gasteiger partial charge is 0.383 e. The van der Waals surface area contributed by atoms with Crippen LogP contribution in [0.15, 0.2) is 16.7 Å². The molecule has 0 spiro atoms. The molecule has 178 valence electrons. The van der Waals surface area contributed by atoms with Crippen molar-refractivity contribution < 1.29 is 22.2 Å². The molecule has 2 aliphatic rings. The van der Waals surface area contributed by atoms with E-state index < -0.39 is 22.7 Å². The lowest BCUT2D eigenvalue weighted by molar-refractivity contribution is -0.109. The lowest BCUT2D eigenvalue weighted by Crippen LogP contribution is -2.30. The number of alkyl halides is 3. The first-order valence-electron chi connectivity index (χ1n) is 10.8. The zero-order valence-corrected chi connectivity index (χ0v) is 19.5. The lowest BCUT2D eigenvalue weighted by Gasteiger charge is -2.24. The number of aldehydes is 1. The Bertz CT molecular complexity index is 1150. The molecule has 2 saturated carbocycles. The predicted octanol–water partition coefficient (Wildman–Crippen LogP) is 3.88. The van der Waals surface area contributed by atoms with Gasteiger partial charge in [-0.3, -0.25) is 9.00 Å². The topological polar surface area (TPSA) is 94.1 Å². The molecule has 2 aromatic heterocycles. The van der Waals surface area contributed by atoms with Crippen LogP contribution >= 0.6 is 0 Å². The fraction of sp³-hybridized carbons (Fsp3) is 0.500. The summed E-state index contributed by atoms with van der Waals surface area (Å²) >= 11 is 0. The van der Waals surface area contributed by atoms with E-state index in [-0.39, 0.29) is 40.7 Å². The third-order valence-corrected chi connectivity index (χ3v) is 7.43. The average molecular weight is 482 g/mol. The molecule has 1 atom stereocenters. The van der Waals surface area contributed by atoms with Crippen molar-refractivity contribution in [1.29, 1.82) is 0 Å². The van der Waals surface area contributed by atoms with Crippen molar-refractivity contribution in [3.63, 3.8) is 0 Å². The summed E-state index contributed by atoms with van der Waals surface area (Å²) in [5.41, 5.74) is 6.19. The first-order valence-corrected chi connectivity index (χ1v) is 12.1. The summed E-state index contributed by atoms with van der Waals surface area (Å²) in [6.45, 7) is 1.76. The number of halogens is 3. The Morgan fingerprint density at radius 2 is 1.97 bits per heavy atom. The standard InChI is InChI=1S/C22H26F3N5O2S/c1-4-33(32)17-9-14(12-5-6-12)20(26)28-19(17)21-27-15(16(11-31)30(21)3)10-18(22(23,24)25)29(2)13-7-8-13/h9-13H,4-8H2,1-3H3,(H2,26,28)/b18-10-. The Hall–Kier alpha value is -2.69. The highest BCUT2D eigenvalue weighted by atomic mass is 32.2. The summed E-state index contributed by atoms with van der Waals surface area (Å²) in [6, 6.07) is 1.58. The summed E-state index contributed by atoms with van der Waals surface area (Å²) in [5.74, 6) is 1.02. The molecule has 0 bridgehead atoms. The molecule has 0 saturated heterocycles. The summed E-state index contributed by atoms with van der Waals surface area (Å²) < 4.78 is 55.6. The molecule has 4 rings (SSSR count). The number of nitrogens with two attached hydrogens (primary N) is 1. The predicted molar refractivity (Wildman–Crippen MR) is 120 cm³/mol. The van der Waals surface area contributed by atoms with Crippen molar-refractivity contribution in [3.05, 3.63) is 28.7 Å². The van der Waals surface area contributed by atoms with Gasteiger partial charge in [-0.1, -0.05) is 6.92 Å². The largest absolute Gasteiger partial charge is 0.431 e. The van der Waals surface area contributed by atoms with Crippen LogP contribution in [0, 0.1) is 0 Å².